The van der Waals surface area contributed by atoms with E-state index < -0.39 is 35.6 Å². The topological polar surface area (TPSA) is 110 Å². The van der Waals surface area contributed by atoms with Crippen LogP contribution >= 0.6 is 0 Å². The standard InChI is InChI=1S/C30H52O6/c1-25(2)21(34)9-11-26(3)20-14-18(32)23-17(30(7)13-10-22(36-30)29(6,35)16-31)8-12-27(23,4)28(20,5)15-19(33)24(25)26/h17-24,31-35H,8-16H2,1-7H3/t17?,18-,19+,20-,21+,22+,23?,24?,26-,27-,28-,29?,30+/m1/s1. The van der Waals surface area contributed by atoms with Gasteiger partial charge in [-0.1, -0.05) is 34.6 Å². The Kier molecular flexibility index (Phi) is 6.18. The van der Waals surface area contributed by atoms with Gasteiger partial charge in [0.25, 0.3) is 0 Å². The number of aliphatic hydroxyl groups excluding tert-OH is 4. The monoisotopic (exact) mass is 508 g/mol. The van der Waals surface area contributed by atoms with Crippen molar-refractivity contribution in [3.63, 3.8) is 0 Å². The van der Waals surface area contributed by atoms with E-state index in [0.29, 0.717) is 12.8 Å². The van der Waals surface area contributed by atoms with Crippen molar-refractivity contribution >= 4 is 0 Å². The quantitative estimate of drug-likeness (QED) is 0.398. The summed E-state index contributed by atoms with van der Waals surface area (Å²) < 4.78 is 6.57. The molecule has 4 saturated carbocycles. The Bertz CT molecular complexity index is 874. The van der Waals surface area contributed by atoms with E-state index in [1.54, 1.807) is 6.92 Å². The first-order valence-electron chi connectivity index (χ1n) is 14.5. The molecule has 4 aliphatic carbocycles. The lowest BCUT2D eigenvalue weighted by Crippen LogP contribution is -2.69. The Morgan fingerprint density at radius 2 is 1.53 bits per heavy atom. The highest BCUT2D eigenvalue weighted by atomic mass is 16.5. The molecule has 5 N–H and O–H groups in total. The molecule has 1 heterocycles. The van der Waals surface area contributed by atoms with E-state index in [4.69, 9.17) is 4.74 Å². The predicted molar refractivity (Wildman–Crippen MR) is 138 cm³/mol. The molecule has 208 valence electrons. The summed E-state index contributed by atoms with van der Waals surface area (Å²) in [4.78, 5) is 0. The van der Waals surface area contributed by atoms with Gasteiger partial charge < -0.3 is 30.3 Å². The molecule has 0 amide bonds. The van der Waals surface area contributed by atoms with Crippen molar-refractivity contribution in [2.24, 2.45) is 45.3 Å². The van der Waals surface area contributed by atoms with Crippen LogP contribution < -0.4 is 0 Å². The van der Waals surface area contributed by atoms with E-state index in [-0.39, 0.29) is 51.9 Å². The molecule has 1 saturated heterocycles. The van der Waals surface area contributed by atoms with Crippen LogP contribution in [-0.2, 0) is 4.74 Å². The van der Waals surface area contributed by atoms with Crippen LogP contribution in [0.2, 0.25) is 0 Å². The van der Waals surface area contributed by atoms with Crippen molar-refractivity contribution in [1.82, 2.24) is 0 Å². The van der Waals surface area contributed by atoms with Gasteiger partial charge in [0.15, 0.2) is 0 Å². The van der Waals surface area contributed by atoms with Crippen molar-refractivity contribution in [1.29, 1.82) is 0 Å². The Balaban J connectivity index is 1.50. The summed E-state index contributed by atoms with van der Waals surface area (Å²) >= 11 is 0. The Morgan fingerprint density at radius 1 is 0.861 bits per heavy atom. The second-order valence-electron chi connectivity index (χ2n) is 15.5. The number of aliphatic hydroxyl groups is 5. The van der Waals surface area contributed by atoms with E-state index in [1.807, 2.05) is 0 Å². The molecule has 0 spiro atoms. The summed E-state index contributed by atoms with van der Waals surface area (Å²) in [5.41, 5.74) is -2.48. The summed E-state index contributed by atoms with van der Waals surface area (Å²) in [7, 11) is 0. The van der Waals surface area contributed by atoms with E-state index in [2.05, 4.69) is 41.5 Å². The third-order valence-corrected chi connectivity index (χ3v) is 13.4. The summed E-state index contributed by atoms with van der Waals surface area (Å²) in [6.45, 7) is 14.8. The number of fused-ring (bicyclic) bond motifs is 5. The predicted octanol–water partition coefficient (Wildman–Crippen LogP) is 3.66. The van der Waals surface area contributed by atoms with Crippen LogP contribution in [0.5, 0.6) is 0 Å². The maximum Gasteiger partial charge on any atom is 0.111 e. The minimum atomic E-state index is -1.27. The van der Waals surface area contributed by atoms with E-state index in [0.717, 1.165) is 38.5 Å². The maximum atomic E-state index is 11.9. The van der Waals surface area contributed by atoms with Crippen molar-refractivity contribution < 1.29 is 30.3 Å². The average Bonchev–Trinajstić information content (AvgIpc) is 3.36. The van der Waals surface area contributed by atoms with Crippen LogP contribution in [0.15, 0.2) is 0 Å². The first kappa shape index (κ1) is 27.3. The van der Waals surface area contributed by atoms with Gasteiger partial charge in [0.05, 0.1) is 36.6 Å². The Hall–Kier alpha value is -0.240. The lowest BCUT2D eigenvalue weighted by atomic mass is 9.34. The molecule has 13 atom stereocenters. The highest BCUT2D eigenvalue weighted by Gasteiger charge is 2.73. The van der Waals surface area contributed by atoms with Crippen LogP contribution in [-0.4, -0.2) is 67.8 Å². The zero-order valence-corrected chi connectivity index (χ0v) is 23.6. The molecule has 6 nitrogen and oxygen atoms in total. The van der Waals surface area contributed by atoms with Crippen molar-refractivity contribution in [3.05, 3.63) is 0 Å². The molecule has 0 aromatic heterocycles. The lowest BCUT2D eigenvalue weighted by Gasteiger charge is -2.71. The van der Waals surface area contributed by atoms with Crippen LogP contribution in [0.1, 0.15) is 99.8 Å². The molecule has 5 aliphatic rings. The van der Waals surface area contributed by atoms with Gasteiger partial charge in [0.2, 0.25) is 0 Å². The van der Waals surface area contributed by atoms with Gasteiger partial charge in [-0.15, -0.1) is 0 Å². The minimum absolute atomic E-state index is 0.00790. The second-order valence-corrected chi connectivity index (χ2v) is 15.5. The van der Waals surface area contributed by atoms with Gasteiger partial charge in [-0.2, -0.15) is 0 Å². The number of rotatable bonds is 3. The van der Waals surface area contributed by atoms with Gasteiger partial charge in [0.1, 0.15) is 5.60 Å². The smallest absolute Gasteiger partial charge is 0.111 e. The van der Waals surface area contributed by atoms with Gasteiger partial charge in [-0.25, -0.2) is 0 Å². The summed E-state index contributed by atoms with van der Waals surface area (Å²) in [6.07, 6.45) is 4.80. The first-order valence-corrected chi connectivity index (χ1v) is 14.5. The van der Waals surface area contributed by atoms with E-state index in [1.165, 1.54) is 0 Å². The summed E-state index contributed by atoms with van der Waals surface area (Å²) in [5.74, 6) is 0.520. The fraction of sp³-hybridized carbons (Fsp3) is 1.00. The van der Waals surface area contributed by atoms with Crippen LogP contribution in [0.4, 0.5) is 0 Å². The molecular formula is C30H52O6. The van der Waals surface area contributed by atoms with E-state index in [9.17, 15) is 25.5 Å². The molecular weight excluding hydrogens is 456 g/mol. The first-order chi connectivity index (χ1) is 16.5. The molecule has 0 aromatic carbocycles. The third-order valence-electron chi connectivity index (χ3n) is 13.4. The molecule has 0 radical (unpaired) electrons. The second kappa shape index (κ2) is 8.14. The van der Waals surface area contributed by atoms with E-state index >= 15 is 0 Å². The fourth-order valence-corrected chi connectivity index (χ4v) is 11.3. The van der Waals surface area contributed by atoms with Gasteiger partial charge in [-0.05, 0) is 111 Å². The largest absolute Gasteiger partial charge is 0.393 e. The van der Waals surface area contributed by atoms with Crippen LogP contribution in [0.3, 0.4) is 0 Å². The van der Waals surface area contributed by atoms with Gasteiger partial charge >= 0.3 is 0 Å². The fourth-order valence-electron chi connectivity index (χ4n) is 11.3. The minimum Gasteiger partial charge on any atom is -0.393 e. The van der Waals surface area contributed by atoms with Gasteiger partial charge in [0, 0.05) is 0 Å². The molecule has 36 heavy (non-hydrogen) atoms. The molecule has 6 heteroatoms. The van der Waals surface area contributed by atoms with Crippen molar-refractivity contribution in [2.75, 3.05) is 6.61 Å². The molecule has 1 aliphatic heterocycles. The highest BCUT2D eigenvalue weighted by molar-refractivity contribution is 5.22. The molecule has 5 fully saturated rings. The molecule has 5 rings (SSSR count). The zero-order valence-electron chi connectivity index (χ0n) is 23.6. The van der Waals surface area contributed by atoms with Crippen LogP contribution in [0, 0.1) is 45.3 Å². The van der Waals surface area contributed by atoms with Crippen LogP contribution in [0.25, 0.3) is 0 Å². The summed E-state index contributed by atoms with van der Waals surface area (Å²) in [5, 5.41) is 55.0. The Labute approximate surface area is 217 Å². The number of hydrogen-bond acceptors (Lipinski definition) is 6. The van der Waals surface area contributed by atoms with Crippen molar-refractivity contribution in [2.45, 2.75) is 135 Å². The summed E-state index contributed by atoms with van der Waals surface area (Å²) in [6, 6.07) is 0. The number of ether oxygens (including phenoxy) is 1. The maximum absolute atomic E-state index is 11.9. The van der Waals surface area contributed by atoms with Gasteiger partial charge in [-0.3, -0.25) is 0 Å². The molecule has 4 unspecified atom stereocenters. The lowest BCUT2D eigenvalue weighted by molar-refractivity contribution is -0.275. The highest BCUT2D eigenvalue weighted by Crippen LogP contribution is 2.76. The molecule has 0 bridgehead atoms. The average molecular weight is 509 g/mol. The SMILES string of the molecule is CC(O)(CO)[C@@H]1CC[C@@](C)(C2CC[C@]3(C)C2[C@H](O)C[C@@H]2[C@@]4(C)CC[C@H](O)C(C)(C)C4[C@@H](O)C[C@]23C)O1. The third kappa shape index (κ3) is 3.37. The Morgan fingerprint density at radius 3 is 2.17 bits per heavy atom. The molecule has 0 aromatic rings. The van der Waals surface area contributed by atoms with Crippen molar-refractivity contribution in [3.8, 4) is 0 Å². The number of hydrogen-bond donors (Lipinski definition) is 5. The zero-order chi connectivity index (χ0) is 26.7. The normalized spacial score (nSPS) is 58.0.